The van der Waals surface area contributed by atoms with Crippen LogP contribution in [-0.2, 0) is 6.42 Å². The van der Waals surface area contributed by atoms with Gasteiger partial charge in [-0.05, 0) is 28.8 Å². The molecule has 0 amide bonds. The van der Waals surface area contributed by atoms with Crippen molar-refractivity contribution in [1.29, 1.82) is 0 Å². The van der Waals surface area contributed by atoms with Crippen molar-refractivity contribution in [1.82, 2.24) is 9.97 Å². The Morgan fingerprint density at radius 1 is 1.11 bits per heavy atom. The molecule has 0 aliphatic heterocycles. The van der Waals surface area contributed by atoms with E-state index in [1.54, 1.807) is 20.4 Å². The summed E-state index contributed by atoms with van der Waals surface area (Å²) >= 11 is 0. The second-order valence-electron chi connectivity index (χ2n) is 6.06. The van der Waals surface area contributed by atoms with Gasteiger partial charge in [-0.3, -0.25) is 0 Å². The van der Waals surface area contributed by atoms with E-state index in [-0.39, 0.29) is 5.95 Å². The average Bonchev–Trinajstić information content (AvgIpc) is 2.70. The Morgan fingerprint density at radius 3 is 2.46 bits per heavy atom. The van der Waals surface area contributed by atoms with Crippen molar-refractivity contribution in [3.8, 4) is 22.6 Å². The van der Waals surface area contributed by atoms with Crippen LogP contribution in [0.2, 0.25) is 0 Å². The molecule has 0 atom stereocenters. The molecule has 1 aromatic heterocycles. The Morgan fingerprint density at radius 2 is 1.86 bits per heavy atom. The molecule has 2 aromatic carbocycles. The van der Waals surface area contributed by atoms with Gasteiger partial charge in [0.25, 0.3) is 0 Å². The van der Waals surface area contributed by atoms with Crippen molar-refractivity contribution >= 4 is 18.0 Å². The molecule has 0 radical (unpaired) electrons. The fourth-order valence-corrected chi connectivity index (χ4v) is 2.94. The average molecular weight is 379 g/mol. The largest absolute Gasteiger partial charge is 0.493 e. The van der Waals surface area contributed by atoms with Crippen LogP contribution in [0.15, 0.2) is 47.8 Å². The summed E-state index contributed by atoms with van der Waals surface area (Å²) in [4.78, 5) is 8.03. The normalized spacial score (nSPS) is 10.9. The van der Waals surface area contributed by atoms with Crippen molar-refractivity contribution in [2.45, 2.75) is 6.42 Å². The maximum absolute atomic E-state index is 8.68. The predicted octanol–water partition coefficient (Wildman–Crippen LogP) is 2.72. The third-order valence-corrected chi connectivity index (χ3v) is 4.28. The van der Waals surface area contributed by atoms with Gasteiger partial charge in [-0.25, -0.2) is 4.98 Å². The summed E-state index contributed by atoms with van der Waals surface area (Å²) in [5.74, 6) is 1.71. The Balaban J connectivity index is 2.06. The number of rotatable bonds is 6. The molecule has 0 unspecified atom stereocenters. The second kappa shape index (κ2) is 8.26. The lowest BCUT2D eigenvalue weighted by Gasteiger charge is -2.16. The molecule has 144 valence electrons. The number of oxime groups is 1. The number of aromatic nitrogens is 2. The highest BCUT2D eigenvalue weighted by Crippen LogP contribution is 2.40. The van der Waals surface area contributed by atoms with Crippen LogP contribution >= 0.6 is 0 Å². The van der Waals surface area contributed by atoms with Gasteiger partial charge in [-0.1, -0.05) is 29.4 Å². The molecule has 0 aliphatic carbocycles. The molecule has 0 fully saturated rings. The van der Waals surface area contributed by atoms with Gasteiger partial charge in [0.2, 0.25) is 5.95 Å². The predicted molar refractivity (Wildman–Crippen MR) is 108 cm³/mol. The third kappa shape index (κ3) is 3.96. The van der Waals surface area contributed by atoms with Crippen molar-refractivity contribution in [2.75, 3.05) is 25.7 Å². The minimum absolute atomic E-state index is 0.140. The molecule has 0 saturated carbocycles. The summed E-state index contributed by atoms with van der Waals surface area (Å²) in [6, 6.07) is 11.4. The highest BCUT2D eigenvalue weighted by atomic mass is 16.5. The maximum Gasteiger partial charge on any atom is 0.221 e. The summed E-state index contributed by atoms with van der Waals surface area (Å²) in [5.41, 5.74) is 15.8. The van der Waals surface area contributed by atoms with Gasteiger partial charge in [-0.15, -0.1) is 0 Å². The van der Waals surface area contributed by atoms with Gasteiger partial charge in [0.1, 0.15) is 5.82 Å². The Kier molecular flexibility index (Phi) is 5.59. The van der Waals surface area contributed by atoms with Crippen LogP contribution in [-0.4, -0.2) is 35.6 Å². The summed E-state index contributed by atoms with van der Waals surface area (Å²) in [6.45, 7) is 0. The van der Waals surface area contributed by atoms with Gasteiger partial charge in [0.15, 0.2) is 11.5 Å². The van der Waals surface area contributed by atoms with E-state index in [1.807, 2.05) is 36.4 Å². The molecule has 1 heterocycles. The van der Waals surface area contributed by atoms with Crippen LogP contribution in [0.4, 0.5) is 11.8 Å². The smallest absolute Gasteiger partial charge is 0.221 e. The zero-order valence-corrected chi connectivity index (χ0v) is 15.6. The number of hydrogen-bond donors (Lipinski definition) is 3. The summed E-state index contributed by atoms with van der Waals surface area (Å²) in [5, 5.41) is 11.7. The Labute approximate surface area is 162 Å². The van der Waals surface area contributed by atoms with Gasteiger partial charge in [0, 0.05) is 23.7 Å². The molecule has 0 bridgehead atoms. The first-order chi connectivity index (χ1) is 13.5. The van der Waals surface area contributed by atoms with E-state index in [0.717, 1.165) is 27.8 Å². The minimum atomic E-state index is 0.140. The lowest BCUT2D eigenvalue weighted by molar-refractivity contribution is 0.322. The van der Waals surface area contributed by atoms with Gasteiger partial charge < -0.3 is 26.1 Å². The maximum atomic E-state index is 8.68. The zero-order chi connectivity index (χ0) is 20.1. The van der Waals surface area contributed by atoms with Gasteiger partial charge in [0.05, 0.1) is 20.4 Å². The van der Waals surface area contributed by atoms with Crippen LogP contribution in [0.5, 0.6) is 11.5 Å². The molecule has 5 N–H and O–H groups in total. The topological polar surface area (TPSA) is 129 Å². The Hall–Kier alpha value is -3.81. The second-order valence-corrected chi connectivity index (χ2v) is 6.06. The van der Waals surface area contributed by atoms with Crippen LogP contribution in [0.25, 0.3) is 11.1 Å². The summed E-state index contributed by atoms with van der Waals surface area (Å²) in [7, 11) is 3.19. The molecule has 8 nitrogen and oxygen atoms in total. The quantitative estimate of drug-likeness (QED) is 0.341. The SMILES string of the molecule is COc1cc(Cc2cnc(N)nc2N)cc(-c2ccc(C=NO)cc2)c1OC. The third-order valence-electron chi connectivity index (χ3n) is 4.28. The molecule has 3 rings (SSSR count). The monoisotopic (exact) mass is 379 g/mol. The highest BCUT2D eigenvalue weighted by molar-refractivity contribution is 5.82. The molecule has 0 aliphatic rings. The first-order valence-corrected chi connectivity index (χ1v) is 8.45. The number of benzene rings is 2. The van der Waals surface area contributed by atoms with Crippen molar-refractivity contribution < 1.29 is 14.7 Å². The van der Waals surface area contributed by atoms with E-state index in [2.05, 4.69) is 15.1 Å². The van der Waals surface area contributed by atoms with Crippen LogP contribution in [0.3, 0.4) is 0 Å². The minimum Gasteiger partial charge on any atom is -0.493 e. The van der Waals surface area contributed by atoms with Crippen molar-refractivity contribution in [3.05, 3.63) is 59.3 Å². The number of ether oxygens (including phenoxy) is 2. The molecule has 8 heteroatoms. The van der Waals surface area contributed by atoms with Crippen molar-refractivity contribution in [3.63, 3.8) is 0 Å². The van der Waals surface area contributed by atoms with E-state index < -0.39 is 0 Å². The molecule has 0 saturated heterocycles. The van der Waals surface area contributed by atoms with Crippen LogP contribution in [0.1, 0.15) is 16.7 Å². The Bertz CT molecular complexity index is 1000. The van der Waals surface area contributed by atoms with E-state index in [9.17, 15) is 0 Å². The highest BCUT2D eigenvalue weighted by Gasteiger charge is 2.15. The lowest BCUT2D eigenvalue weighted by Crippen LogP contribution is -2.04. The van der Waals surface area contributed by atoms with Gasteiger partial charge in [-0.2, -0.15) is 4.98 Å². The molecular weight excluding hydrogens is 358 g/mol. The van der Waals surface area contributed by atoms with Crippen LogP contribution in [0, 0.1) is 0 Å². The number of nitrogen functional groups attached to an aromatic ring is 2. The fourth-order valence-electron chi connectivity index (χ4n) is 2.94. The zero-order valence-electron chi connectivity index (χ0n) is 15.6. The number of methoxy groups -OCH3 is 2. The van der Waals surface area contributed by atoms with Crippen molar-refractivity contribution in [2.24, 2.45) is 5.16 Å². The standard InChI is InChI=1S/C20H21N5O3/c1-27-17-9-13(7-15-11-23-20(22)25-19(15)21)8-16(18(17)28-2)14-5-3-12(4-6-14)10-24-26/h3-6,8-11,26H,7H2,1-2H3,(H4,21,22,23,25). The fraction of sp³-hybridized carbons (Fsp3) is 0.150. The molecular formula is C20H21N5O3. The number of nitrogens with zero attached hydrogens (tertiary/aromatic N) is 3. The first-order valence-electron chi connectivity index (χ1n) is 8.45. The molecule has 0 spiro atoms. The summed E-state index contributed by atoms with van der Waals surface area (Å²) in [6.07, 6.45) is 3.49. The number of nitrogens with two attached hydrogens (primary N) is 2. The van der Waals surface area contributed by atoms with Crippen LogP contribution < -0.4 is 20.9 Å². The molecule has 28 heavy (non-hydrogen) atoms. The lowest BCUT2D eigenvalue weighted by atomic mass is 9.97. The van der Waals surface area contributed by atoms with Gasteiger partial charge >= 0.3 is 0 Å². The van der Waals surface area contributed by atoms with E-state index in [0.29, 0.717) is 23.7 Å². The number of anilines is 2. The first kappa shape index (κ1) is 19.0. The molecule has 3 aromatic rings. The van der Waals surface area contributed by atoms with E-state index >= 15 is 0 Å². The number of hydrogen-bond acceptors (Lipinski definition) is 8. The van der Waals surface area contributed by atoms with E-state index in [1.165, 1.54) is 6.21 Å². The summed E-state index contributed by atoms with van der Waals surface area (Å²) < 4.78 is 11.1. The van der Waals surface area contributed by atoms with E-state index in [4.69, 9.17) is 26.1 Å².